The van der Waals surface area contributed by atoms with E-state index in [1.54, 1.807) is 0 Å². The molecule has 0 radical (unpaired) electrons. The smallest absolute Gasteiger partial charge is 0.127 e. The van der Waals surface area contributed by atoms with Crippen molar-refractivity contribution in [2.75, 3.05) is 6.61 Å². The van der Waals surface area contributed by atoms with Gasteiger partial charge in [-0.25, -0.2) is 0 Å². The summed E-state index contributed by atoms with van der Waals surface area (Å²) in [5.41, 5.74) is 3.16. The minimum absolute atomic E-state index is 0.210. The van der Waals surface area contributed by atoms with Crippen LogP contribution in [0.15, 0.2) is 48.5 Å². The summed E-state index contributed by atoms with van der Waals surface area (Å²) in [4.78, 5) is 0. The molecule has 0 aliphatic heterocycles. The number of hydrogen-bond acceptors (Lipinski definition) is 2. The van der Waals surface area contributed by atoms with Crippen molar-refractivity contribution in [1.29, 1.82) is 5.26 Å². The van der Waals surface area contributed by atoms with Crippen LogP contribution < -0.4 is 4.74 Å². The Morgan fingerprint density at radius 1 is 1.10 bits per heavy atom. The van der Waals surface area contributed by atoms with E-state index in [1.165, 1.54) is 0 Å². The third-order valence-electron chi connectivity index (χ3n) is 3.90. The lowest BCUT2D eigenvalue weighted by Gasteiger charge is -2.11. The van der Waals surface area contributed by atoms with Crippen molar-refractivity contribution in [3.63, 3.8) is 0 Å². The highest BCUT2D eigenvalue weighted by Crippen LogP contribution is 2.47. The van der Waals surface area contributed by atoms with Gasteiger partial charge in [-0.05, 0) is 37.0 Å². The van der Waals surface area contributed by atoms with E-state index in [4.69, 9.17) is 4.74 Å². The van der Waals surface area contributed by atoms with E-state index in [-0.39, 0.29) is 5.41 Å². The lowest BCUT2D eigenvalue weighted by molar-refractivity contribution is 0.341. The highest BCUT2D eigenvalue weighted by atomic mass is 16.5. The van der Waals surface area contributed by atoms with Gasteiger partial charge >= 0.3 is 0 Å². The van der Waals surface area contributed by atoms with Crippen LogP contribution in [-0.4, -0.2) is 6.61 Å². The maximum Gasteiger partial charge on any atom is 0.127 e. The molecule has 0 spiro atoms. The van der Waals surface area contributed by atoms with E-state index in [0.717, 1.165) is 35.3 Å². The van der Waals surface area contributed by atoms with Gasteiger partial charge in [0.15, 0.2) is 0 Å². The van der Waals surface area contributed by atoms with Crippen molar-refractivity contribution >= 4 is 0 Å². The van der Waals surface area contributed by atoms with Gasteiger partial charge in [-0.1, -0.05) is 42.5 Å². The van der Waals surface area contributed by atoms with Crippen LogP contribution in [0.3, 0.4) is 0 Å². The zero-order valence-corrected chi connectivity index (χ0v) is 11.6. The van der Waals surface area contributed by atoms with Gasteiger partial charge in [0.2, 0.25) is 0 Å². The minimum atomic E-state index is -0.210. The number of para-hydroxylation sites is 1. The van der Waals surface area contributed by atoms with Crippen LogP contribution in [0.1, 0.15) is 25.3 Å². The molecule has 0 N–H and O–H groups in total. The van der Waals surface area contributed by atoms with E-state index in [0.29, 0.717) is 6.61 Å². The standard InChI is InChI=1S/C18H17NO/c1-2-20-17-6-4-3-5-16(17)14-7-9-15(10-8-14)18(13-19)11-12-18/h3-10H,2,11-12H2,1H3. The Labute approximate surface area is 119 Å². The quantitative estimate of drug-likeness (QED) is 0.823. The Morgan fingerprint density at radius 2 is 1.80 bits per heavy atom. The maximum absolute atomic E-state index is 9.24. The molecule has 3 rings (SSSR count). The van der Waals surface area contributed by atoms with Crippen LogP contribution in [0.5, 0.6) is 5.75 Å². The molecule has 100 valence electrons. The zero-order valence-electron chi connectivity index (χ0n) is 11.6. The van der Waals surface area contributed by atoms with E-state index >= 15 is 0 Å². The fraction of sp³-hybridized carbons (Fsp3) is 0.278. The molecule has 1 fully saturated rings. The molecule has 1 aliphatic rings. The van der Waals surface area contributed by atoms with Crippen LogP contribution >= 0.6 is 0 Å². The molecule has 1 aliphatic carbocycles. The number of rotatable bonds is 4. The second-order valence-electron chi connectivity index (χ2n) is 5.20. The first-order valence-electron chi connectivity index (χ1n) is 7.03. The van der Waals surface area contributed by atoms with Gasteiger partial charge in [0.05, 0.1) is 18.1 Å². The highest BCUT2D eigenvalue weighted by Gasteiger charge is 2.44. The van der Waals surface area contributed by atoms with Crippen molar-refractivity contribution < 1.29 is 4.74 Å². The van der Waals surface area contributed by atoms with Crippen LogP contribution in [0, 0.1) is 11.3 Å². The summed E-state index contributed by atoms with van der Waals surface area (Å²) < 4.78 is 5.67. The second-order valence-corrected chi connectivity index (χ2v) is 5.20. The highest BCUT2D eigenvalue weighted by molar-refractivity contribution is 5.70. The van der Waals surface area contributed by atoms with Crippen molar-refractivity contribution in [3.8, 4) is 22.9 Å². The van der Waals surface area contributed by atoms with Gasteiger partial charge < -0.3 is 4.74 Å². The van der Waals surface area contributed by atoms with Crippen molar-refractivity contribution in [1.82, 2.24) is 0 Å². The van der Waals surface area contributed by atoms with Gasteiger partial charge in [-0.2, -0.15) is 5.26 Å². The lowest BCUT2D eigenvalue weighted by atomic mass is 9.95. The number of nitriles is 1. The van der Waals surface area contributed by atoms with Crippen LogP contribution in [-0.2, 0) is 5.41 Å². The molecule has 0 amide bonds. The molecule has 2 aromatic carbocycles. The fourth-order valence-corrected chi connectivity index (χ4v) is 2.55. The fourth-order valence-electron chi connectivity index (χ4n) is 2.55. The van der Waals surface area contributed by atoms with E-state index in [2.05, 4.69) is 36.4 Å². The molecular formula is C18H17NO. The molecule has 2 nitrogen and oxygen atoms in total. The lowest BCUT2D eigenvalue weighted by Crippen LogP contribution is -2.01. The molecule has 20 heavy (non-hydrogen) atoms. The molecule has 0 bridgehead atoms. The first kappa shape index (κ1) is 12.7. The van der Waals surface area contributed by atoms with Gasteiger partial charge in [-0.15, -0.1) is 0 Å². The first-order valence-corrected chi connectivity index (χ1v) is 7.03. The zero-order chi connectivity index (χ0) is 14.0. The average molecular weight is 263 g/mol. The number of hydrogen-bond donors (Lipinski definition) is 0. The molecule has 0 saturated heterocycles. The Balaban J connectivity index is 1.94. The predicted octanol–water partition coefficient (Wildman–Crippen LogP) is 4.31. The molecule has 1 saturated carbocycles. The van der Waals surface area contributed by atoms with Crippen LogP contribution in [0.25, 0.3) is 11.1 Å². The summed E-state index contributed by atoms with van der Waals surface area (Å²) in [5, 5.41) is 9.24. The topological polar surface area (TPSA) is 33.0 Å². The van der Waals surface area contributed by atoms with Crippen LogP contribution in [0.2, 0.25) is 0 Å². The summed E-state index contributed by atoms with van der Waals surface area (Å²) >= 11 is 0. The third-order valence-corrected chi connectivity index (χ3v) is 3.90. The Hall–Kier alpha value is -2.27. The molecule has 2 aromatic rings. The third kappa shape index (κ3) is 2.16. The average Bonchev–Trinajstić information content (AvgIpc) is 3.30. The molecule has 0 heterocycles. The maximum atomic E-state index is 9.24. The molecule has 0 atom stereocenters. The molecule has 0 unspecified atom stereocenters. The number of ether oxygens (including phenoxy) is 1. The summed E-state index contributed by atoms with van der Waals surface area (Å²) in [6.45, 7) is 2.65. The Kier molecular flexibility index (Phi) is 3.20. The molecular weight excluding hydrogens is 246 g/mol. The Morgan fingerprint density at radius 3 is 2.40 bits per heavy atom. The minimum Gasteiger partial charge on any atom is -0.493 e. The summed E-state index contributed by atoms with van der Waals surface area (Å²) in [6, 6.07) is 18.8. The van der Waals surface area contributed by atoms with E-state index in [1.807, 2.05) is 25.1 Å². The largest absolute Gasteiger partial charge is 0.493 e. The number of benzene rings is 2. The summed E-state index contributed by atoms with van der Waals surface area (Å²) in [7, 11) is 0. The van der Waals surface area contributed by atoms with Crippen LogP contribution in [0.4, 0.5) is 0 Å². The Bertz CT molecular complexity index is 648. The van der Waals surface area contributed by atoms with Gasteiger partial charge in [-0.3, -0.25) is 0 Å². The molecule has 2 heteroatoms. The normalized spacial score (nSPS) is 15.4. The number of nitrogens with zero attached hydrogens (tertiary/aromatic N) is 1. The SMILES string of the molecule is CCOc1ccccc1-c1ccc(C2(C#N)CC2)cc1. The second kappa shape index (κ2) is 5.02. The van der Waals surface area contributed by atoms with Crippen molar-refractivity contribution in [2.45, 2.75) is 25.2 Å². The van der Waals surface area contributed by atoms with Crippen molar-refractivity contribution in [3.05, 3.63) is 54.1 Å². The van der Waals surface area contributed by atoms with Gasteiger partial charge in [0, 0.05) is 5.56 Å². The van der Waals surface area contributed by atoms with Gasteiger partial charge in [0.25, 0.3) is 0 Å². The van der Waals surface area contributed by atoms with E-state index < -0.39 is 0 Å². The molecule has 0 aromatic heterocycles. The first-order chi connectivity index (χ1) is 9.79. The van der Waals surface area contributed by atoms with Gasteiger partial charge in [0.1, 0.15) is 5.75 Å². The van der Waals surface area contributed by atoms with Crippen molar-refractivity contribution in [2.24, 2.45) is 0 Å². The summed E-state index contributed by atoms with van der Waals surface area (Å²) in [5.74, 6) is 0.907. The van der Waals surface area contributed by atoms with E-state index in [9.17, 15) is 5.26 Å². The predicted molar refractivity (Wildman–Crippen MR) is 79.6 cm³/mol. The monoisotopic (exact) mass is 263 g/mol. The summed E-state index contributed by atoms with van der Waals surface area (Å²) in [6.07, 6.45) is 1.97.